The third-order valence-electron chi connectivity index (χ3n) is 7.27. The highest BCUT2D eigenvalue weighted by Gasteiger charge is 2.28. The van der Waals surface area contributed by atoms with E-state index in [1.165, 1.54) is 6.07 Å². The van der Waals surface area contributed by atoms with Gasteiger partial charge in [0.25, 0.3) is 0 Å². The first-order chi connectivity index (χ1) is 18.7. The maximum Gasteiger partial charge on any atom is 0.229 e. The van der Waals surface area contributed by atoms with Crippen molar-refractivity contribution in [3.05, 3.63) is 59.2 Å². The van der Waals surface area contributed by atoms with Gasteiger partial charge in [-0.25, -0.2) is 28.7 Å². The minimum Gasteiger partial charge on any atom is -0.390 e. The van der Waals surface area contributed by atoms with Crippen molar-refractivity contribution >= 4 is 22.8 Å². The molecule has 9 nitrogen and oxygen atoms in total. The third kappa shape index (κ3) is 5.34. The van der Waals surface area contributed by atoms with E-state index in [1.54, 1.807) is 6.07 Å². The summed E-state index contributed by atoms with van der Waals surface area (Å²) < 4.78 is 31.9. The lowest BCUT2D eigenvalue weighted by atomic mass is 10.1. The van der Waals surface area contributed by atoms with Crippen LogP contribution in [0.25, 0.3) is 22.3 Å². The highest BCUT2D eigenvalue weighted by atomic mass is 19.1. The zero-order chi connectivity index (χ0) is 27.3. The highest BCUT2D eigenvalue weighted by molar-refractivity contribution is 5.83. The summed E-state index contributed by atoms with van der Waals surface area (Å²) in [5, 5.41) is 13.4. The van der Waals surface area contributed by atoms with Crippen LogP contribution in [0.15, 0.2) is 30.5 Å². The normalized spacial score (nSPS) is 16.6. The molecule has 1 fully saturated rings. The number of hydrogen-bond donors (Lipinski definition) is 2. The van der Waals surface area contributed by atoms with Gasteiger partial charge in [0, 0.05) is 49.9 Å². The lowest BCUT2D eigenvalue weighted by molar-refractivity contribution is 0.0828. The van der Waals surface area contributed by atoms with Crippen molar-refractivity contribution in [2.45, 2.75) is 44.9 Å². The van der Waals surface area contributed by atoms with E-state index in [-0.39, 0.29) is 11.6 Å². The molecule has 1 aromatic carbocycles. The number of anilines is 2. The Labute approximate surface area is 225 Å². The predicted molar refractivity (Wildman–Crippen MR) is 145 cm³/mol. The highest BCUT2D eigenvalue weighted by Crippen LogP contribution is 2.40. The molecule has 0 bridgehead atoms. The molecule has 1 atom stereocenters. The molecule has 2 N–H and O–H groups in total. The van der Waals surface area contributed by atoms with Crippen molar-refractivity contribution in [2.75, 3.05) is 39.0 Å². The molecule has 4 aromatic rings. The van der Waals surface area contributed by atoms with E-state index < -0.39 is 17.7 Å². The molecule has 39 heavy (non-hydrogen) atoms. The average molecular weight is 535 g/mol. The summed E-state index contributed by atoms with van der Waals surface area (Å²) in [4.78, 5) is 21.8. The number of pyridine rings is 1. The molecule has 0 spiro atoms. The molecule has 204 valence electrons. The lowest BCUT2D eigenvalue weighted by Gasteiger charge is -2.30. The monoisotopic (exact) mass is 534 g/mol. The van der Waals surface area contributed by atoms with Gasteiger partial charge < -0.3 is 19.9 Å². The van der Waals surface area contributed by atoms with Gasteiger partial charge in [-0.1, -0.05) is 6.07 Å². The van der Waals surface area contributed by atoms with Gasteiger partial charge in [0.1, 0.15) is 22.9 Å². The zero-order valence-electron chi connectivity index (χ0n) is 22.3. The van der Waals surface area contributed by atoms with Crippen LogP contribution in [-0.4, -0.2) is 79.2 Å². The second-order valence-electron chi connectivity index (χ2n) is 10.8. The van der Waals surface area contributed by atoms with Gasteiger partial charge in [-0.3, -0.25) is 4.90 Å². The number of fused-ring (bicyclic) bond motifs is 2. The van der Waals surface area contributed by atoms with E-state index in [2.05, 4.69) is 25.2 Å². The van der Waals surface area contributed by atoms with E-state index in [0.29, 0.717) is 41.5 Å². The number of likely N-dealkylation sites (N-methyl/N-ethyl adjacent to an activating group) is 1. The zero-order valence-corrected chi connectivity index (χ0v) is 22.3. The third-order valence-corrected chi connectivity index (χ3v) is 7.27. The molecule has 0 saturated heterocycles. The first-order valence-corrected chi connectivity index (χ1v) is 13.3. The van der Waals surface area contributed by atoms with E-state index in [1.807, 2.05) is 42.6 Å². The van der Waals surface area contributed by atoms with Crippen molar-refractivity contribution < 1.29 is 13.9 Å². The number of β-amino-alcohol motifs (C(OH)–C–C–N with tert-alkyl or cyclic N) is 1. The number of nitrogens with one attached hydrogen (secondary N) is 1. The fraction of sp³-hybridized carbons (Fsp3) is 0.429. The molecule has 0 unspecified atom stereocenters. The predicted octanol–water partition coefficient (Wildman–Crippen LogP) is 3.83. The number of aliphatic hydroxyl groups is 1. The maximum absolute atomic E-state index is 15.0. The Hall–Kier alpha value is -3.54. The summed E-state index contributed by atoms with van der Waals surface area (Å²) in [7, 11) is 3.90. The Morgan fingerprint density at radius 1 is 1.13 bits per heavy atom. The molecular formula is C28H32F2N8O. The molecule has 2 aliphatic rings. The quantitative estimate of drug-likeness (QED) is 0.352. The molecule has 1 saturated carbocycles. The summed E-state index contributed by atoms with van der Waals surface area (Å²) in [6.07, 6.45) is 3.48. The largest absolute Gasteiger partial charge is 0.390 e. The standard InChI is InChI=1S/C28H32F2N8O/c1-16-32-27-21(29)10-18(11-24(27)38(16)19-5-6-19)26-22(30)12-31-28(35-26)34-25-7-4-17-13-37(9-8-23(17)33-25)15-20(39)14-36(2)3/h4,7,10-12,19-20,39H,5-6,8-9,13-15H2,1-3H3,(H,31,33,34,35)/t20-/m0/s1. The van der Waals surface area contributed by atoms with Crippen LogP contribution in [0.4, 0.5) is 20.5 Å². The second-order valence-corrected chi connectivity index (χ2v) is 10.8. The summed E-state index contributed by atoms with van der Waals surface area (Å²) in [5.74, 6) is 0.341. The number of rotatable bonds is 8. The van der Waals surface area contributed by atoms with E-state index >= 15 is 4.39 Å². The molecule has 0 radical (unpaired) electrons. The molecular weight excluding hydrogens is 502 g/mol. The van der Waals surface area contributed by atoms with Gasteiger partial charge in [0.2, 0.25) is 5.95 Å². The number of aromatic nitrogens is 5. The number of aryl methyl sites for hydroxylation is 1. The van der Waals surface area contributed by atoms with Crippen molar-refractivity contribution in [1.29, 1.82) is 0 Å². The van der Waals surface area contributed by atoms with Crippen molar-refractivity contribution in [1.82, 2.24) is 34.3 Å². The minimum atomic E-state index is -0.636. The van der Waals surface area contributed by atoms with Crippen molar-refractivity contribution in [3.8, 4) is 11.3 Å². The Balaban J connectivity index is 1.22. The van der Waals surface area contributed by atoms with Crippen LogP contribution in [-0.2, 0) is 13.0 Å². The van der Waals surface area contributed by atoms with Gasteiger partial charge in [-0.2, -0.15) is 0 Å². The van der Waals surface area contributed by atoms with Gasteiger partial charge in [-0.05, 0) is 57.6 Å². The summed E-state index contributed by atoms with van der Waals surface area (Å²) in [6, 6.07) is 7.18. The van der Waals surface area contributed by atoms with Crippen molar-refractivity contribution in [2.24, 2.45) is 0 Å². The van der Waals surface area contributed by atoms with E-state index in [4.69, 9.17) is 4.98 Å². The number of halogens is 2. The molecule has 1 aliphatic carbocycles. The van der Waals surface area contributed by atoms with Gasteiger partial charge in [0.15, 0.2) is 11.6 Å². The van der Waals surface area contributed by atoms with Crippen LogP contribution < -0.4 is 5.32 Å². The molecule has 11 heteroatoms. The molecule has 6 rings (SSSR count). The molecule has 3 aromatic heterocycles. The lowest BCUT2D eigenvalue weighted by Crippen LogP contribution is -2.40. The smallest absolute Gasteiger partial charge is 0.229 e. The maximum atomic E-state index is 15.0. The number of hydrogen-bond acceptors (Lipinski definition) is 8. The summed E-state index contributed by atoms with van der Waals surface area (Å²) >= 11 is 0. The fourth-order valence-electron chi connectivity index (χ4n) is 5.42. The Kier molecular flexibility index (Phi) is 6.74. The molecule has 1 aliphatic heterocycles. The van der Waals surface area contributed by atoms with Gasteiger partial charge >= 0.3 is 0 Å². The van der Waals surface area contributed by atoms with Crippen LogP contribution in [0.1, 0.15) is 36.0 Å². The SMILES string of the molecule is Cc1nc2c(F)cc(-c3nc(Nc4ccc5c(n4)CCN(C[C@@H](O)CN(C)C)C5)ncc3F)cc2n1C1CC1. The van der Waals surface area contributed by atoms with Crippen LogP contribution in [0.5, 0.6) is 0 Å². The Bertz CT molecular complexity index is 1530. The first-order valence-electron chi connectivity index (χ1n) is 13.3. The average Bonchev–Trinajstić information content (AvgIpc) is 3.66. The van der Waals surface area contributed by atoms with Crippen molar-refractivity contribution in [3.63, 3.8) is 0 Å². The minimum absolute atomic E-state index is 0.0133. The van der Waals surface area contributed by atoms with Gasteiger partial charge in [0.05, 0.1) is 17.8 Å². The number of aliphatic hydroxyl groups excluding tert-OH is 1. The number of imidazole rings is 1. The summed E-state index contributed by atoms with van der Waals surface area (Å²) in [6.45, 7) is 4.61. The van der Waals surface area contributed by atoms with Crippen LogP contribution >= 0.6 is 0 Å². The topological polar surface area (TPSA) is 95.2 Å². The molecule has 0 amide bonds. The first kappa shape index (κ1) is 25.7. The number of nitrogens with zero attached hydrogens (tertiary/aromatic N) is 7. The summed E-state index contributed by atoms with van der Waals surface area (Å²) in [5.41, 5.74) is 3.36. The Morgan fingerprint density at radius 3 is 2.72 bits per heavy atom. The van der Waals surface area contributed by atoms with Crippen LogP contribution in [0.2, 0.25) is 0 Å². The Morgan fingerprint density at radius 2 is 1.95 bits per heavy atom. The fourth-order valence-corrected chi connectivity index (χ4v) is 5.42. The van der Waals surface area contributed by atoms with E-state index in [0.717, 1.165) is 55.6 Å². The van der Waals surface area contributed by atoms with Crippen LogP contribution in [0.3, 0.4) is 0 Å². The second kappa shape index (κ2) is 10.2. The van der Waals surface area contributed by atoms with Crippen LogP contribution in [0, 0.1) is 18.6 Å². The number of benzene rings is 1. The van der Waals surface area contributed by atoms with E-state index in [9.17, 15) is 9.50 Å². The molecule has 4 heterocycles. The van der Waals surface area contributed by atoms with Gasteiger partial charge in [-0.15, -0.1) is 0 Å².